The minimum atomic E-state index is -0.107. The second-order valence-electron chi connectivity index (χ2n) is 5.32. The van der Waals surface area contributed by atoms with E-state index in [9.17, 15) is 4.79 Å². The van der Waals surface area contributed by atoms with Gasteiger partial charge in [-0.05, 0) is 36.4 Å². The van der Waals surface area contributed by atoms with E-state index in [0.29, 0.717) is 33.8 Å². The summed E-state index contributed by atoms with van der Waals surface area (Å²) >= 11 is 0. The van der Waals surface area contributed by atoms with Crippen molar-refractivity contribution in [3.8, 4) is 22.8 Å². The van der Waals surface area contributed by atoms with Gasteiger partial charge in [-0.25, -0.2) is 0 Å². The molecule has 2 aromatic heterocycles. The SMILES string of the molecule is COc1ccc(-c2cc(=O)c3ccc4occc4c3o2)cc1OC. The Hall–Kier alpha value is -3.21. The Morgan fingerprint density at radius 1 is 0.875 bits per heavy atom. The molecule has 24 heavy (non-hydrogen) atoms. The summed E-state index contributed by atoms with van der Waals surface area (Å²) in [6.07, 6.45) is 1.58. The van der Waals surface area contributed by atoms with Crippen LogP contribution < -0.4 is 14.9 Å². The van der Waals surface area contributed by atoms with Crippen LogP contribution in [0.3, 0.4) is 0 Å². The Morgan fingerprint density at radius 3 is 2.50 bits per heavy atom. The fourth-order valence-electron chi connectivity index (χ4n) is 2.79. The quantitative estimate of drug-likeness (QED) is 0.565. The van der Waals surface area contributed by atoms with Gasteiger partial charge in [-0.3, -0.25) is 4.79 Å². The molecule has 5 nitrogen and oxygen atoms in total. The van der Waals surface area contributed by atoms with Crippen LogP contribution in [0.4, 0.5) is 0 Å². The molecule has 0 amide bonds. The molecule has 0 aliphatic heterocycles. The molecule has 0 spiro atoms. The molecule has 2 heterocycles. The number of rotatable bonds is 3. The predicted molar refractivity (Wildman–Crippen MR) is 90.8 cm³/mol. The van der Waals surface area contributed by atoms with Gasteiger partial charge in [0, 0.05) is 11.6 Å². The molecule has 0 fully saturated rings. The third-order valence-corrected chi connectivity index (χ3v) is 3.99. The largest absolute Gasteiger partial charge is 0.493 e. The molecule has 0 atom stereocenters. The molecule has 0 radical (unpaired) electrons. The van der Waals surface area contributed by atoms with E-state index in [4.69, 9.17) is 18.3 Å². The molecule has 0 aliphatic carbocycles. The zero-order valence-electron chi connectivity index (χ0n) is 13.2. The number of benzene rings is 2. The van der Waals surface area contributed by atoms with E-state index in [0.717, 1.165) is 10.9 Å². The van der Waals surface area contributed by atoms with Crippen molar-refractivity contribution < 1.29 is 18.3 Å². The monoisotopic (exact) mass is 322 g/mol. The first-order valence-electron chi connectivity index (χ1n) is 7.38. The maximum absolute atomic E-state index is 12.5. The zero-order valence-corrected chi connectivity index (χ0v) is 13.2. The lowest BCUT2D eigenvalue weighted by atomic mass is 10.1. The third kappa shape index (κ3) is 2.13. The minimum absolute atomic E-state index is 0.107. The molecule has 0 N–H and O–H groups in total. The van der Waals surface area contributed by atoms with Gasteiger partial charge in [0.15, 0.2) is 16.9 Å². The summed E-state index contributed by atoms with van der Waals surface area (Å²) < 4.78 is 21.9. The molecule has 0 unspecified atom stereocenters. The Kier molecular flexibility index (Phi) is 3.27. The van der Waals surface area contributed by atoms with Gasteiger partial charge in [0.1, 0.15) is 16.9 Å². The van der Waals surface area contributed by atoms with Crippen LogP contribution in [-0.2, 0) is 0 Å². The summed E-state index contributed by atoms with van der Waals surface area (Å²) in [5.41, 5.74) is 1.81. The van der Waals surface area contributed by atoms with E-state index in [1.807, 2.05) is 6.07 Å². The number of hydrogen-bond donors (Lipinski definition) is 0. The number of methoxy groups -OCH3 is 2. The van der Waals surface area contributed by atoms with Crippen LogP contribution in [-0.4, -0.2) is 14.2 Å². The fourth-order valence-corrected chi connectivity index (χ4v) is 2.79. The Bertz CT molecular complexity index is 1100. The maximum Gasteiger partial charge on any atom is 0.193 e. The van der Waals surface area contributed by atoms with Crippen LogP contribution in [0.15, 0.2) is 62.4 Å². The highest BCUT2D eigenvalue weighted by atomic mass is 16.5. The van der Waals surface area contributed by atoms with Crippen molar-refractivity contribution in [3.63, 3.8) is 0 Å². The lowest BCUT2D eigenvalue weighted by Crippen LogP contribution is -2.00. The highest BCUT2D eigenvalue weighted by Gasteiger charge is 2.13. The van der Waals surface area contributed by atoms with Gasteiger partial charge in [0.05, 0.1) is 31.3 Å². The van der Waals surface area contributed by atoms with Crippen molar-refractivity contribution >= 4 is 21.9 Å². The van der Waals surface area contributed by atoms with Gasteiger partial charge < -0.3 is 18.3 Å². The van der Waals surface area contributed by atoms with E-state index >= 15 is 0 Å². The Morgan fingerprint density at radius 2 is 1.71 bits per heavy atom. The second-order valence-corrected chi connectivity index (χ2v) is 5.32. The molecular weight excluding hydrogens is 308 g/mol. The molecule has 0 aliphatic rings. The number of fused-ring (bicyclic) bond motifs is 3. The van der Waals surface area contributed by atoms with Crippen LogP contribution in [0.2, 0.25) is 0 Å². The van der Waals surface area contributed by atoms with E-state index < -0.39 is 0 Å². The minimum Gasteiger partial charge on any atom is -0.493 e. The van der Waals surface area contributed by atoms with Crippen molar-refractivity contribution in [1.82, 2.24) is 0 Å². The zero-order chi connectivity index (χ0) is 16.7. The van der Waals surface area contributed by atoms with Gasteiger partial charge in [-0.2, -0.15) is 0 Å². The van der Waals surface area contributed by atoms with Crippen LogP contribution in [0, 0.1) is 0 Å². The topological polar surface area (TPSA) is 61.8 Å². The standard InChI is InChI=1S/C19H14O5/c1-21-16-5-3-11(9-18(16)22-2)17-10-14(20)12-4-6-15-13(7-8-23-15)19(12)24-17/h3-10H,1-2H3. The van der Waals surface area contributed by atoms with Crippen LogP contribution >= 0.6 is 0 Å². The third-order valence-electron chi connectivity index (χ3n) is 3.99. The summed E-state index contributed by atoms with van der Waals surface area (Å²) in [7, 11) is 3.14. The first-order chi connectivity index (χ1) is 11.7. The molecule has 0 saturated carbocycles. The van der Waals surface area contributed by atoms with Crippen molar-refractivity contribution in [1.29, 1.82) is 0 Å². The van der Waals surface area contributed by atoms with Gasteiger partial charge in [-0.15, -0.1) is 0 Å². The number of hydrogen-bond acceptors (Lipinski definition) is 5. The lowest BCUT2D eigenvalue weighted by Gasteiger charge is -2.09. The van der Waals surface area contributed by atoms with Crippen LogP contribution in [0.5, 0.6) is 11.5 Å². The maximum atomic E-state index is 12.5. The molecule has 0 saturated heterocycles. The molecule has 4 rings (SSSR count). The molecule has 2 aromatic carbocycles. The van der Waals surface area contributed by atoms with Gasteiger partial charge in [0.2, 0.25) is 0 Å². The van der Waals surface area contributed by atoms with Crippen molar-refractivity contribution in [3.05, 3.63) is 59.0 Å². The molecule has 5 heteroatoms. The van der Waals surface area contributed by atoms with E-state index in [-0.39, 0.29) is 5.43 Å². The molecular formula is C19H14O5. The van der Waals surface area contributed by atoms with E-state index in [1.165, 1.54) is 6.07 Å². The average molecular weight is 322 g/mol. The van der Waals surface area contributed by atoms with Gasteiger partial charge in [0.25, 0.3) is 0 Å². The van der Waals surface area contributed by atoms with Crippen LogP contribution in [0.1, 0.15) is 0 Å². The summed E-state index contributed by atoms with van der Waals surface area (Å²) in [4.78, 5) is 12.5. The van der Waals surface area contributed by atoms with Crippen molar-refractivity contribution in [2.45, 2.75) is 0 Å². The predicted octanol–water partition coefficient (Wildman–Crippen LogP) is 4.22. The van der Waals surface area contributed by atoms with Gasteiger partial charge in [-0.1, -0.05) is 0 Å². The first-order valence-corrected chi connectivity index (χ1v) is 7.38. The van der Waals surface area contributed by atoms with Crippen LogP contribution in [0.25, 0.3) is 33.3 Å². The fraction of sp³-hybridized carbons (Fsp3) is 0.105. The molecule has 120 valence electrons. The highest BCUT2D eigenvalue weighted by molar-refractivity contribution is 6.02. The molecule has 0 bridgehead atoms. The Labute approximate surface area is 137 Å². The van der Waals surface area contributed by atoms with E-state index in [2.05, 4.69) is 0 Å². The summed E-state index contributed by atoms with van der Waals surface area (Å²) in [6.45, 7) is 0. The Balaban J connectivity index is 1.99. The average Bonchev–Trinajstić information content (AvgIpc) is 3.10. The first kappa shape index (κ1) is 14.4. The molecule has 4 aromatic rings. The number of ether oxygens (including phenoxy) is 2. The summed E-state index contributed by atoms with van der Waals surface area (Å²) in [5, 5.41) is 1.29. The second kappa shape index (κ2) is 5.45. The summed E-state index contributed by atoms with van der Waals surface area (Å²) in [5.74, 6) is 1.64. The van der Waals surface area contributed by atoms with E-state index in [1.54, 1.807) is 50.8 Å². The normalized spacial score (nSPS) is 11.1. The summed E-state index contributed by atoms with van der Waals surface area (Å²) in [6, 6.07) is 12.1. The number of furan rings is 1. The van der Waals surface area contributed by atoms with Crippen molar-refractivity contribution in [2.24, 2.45) is 0 Å². The van der Waals surface area contributed by atoms with Crippen molar-refractivity contribution in [2.75, 3.05) is 14.2 Å². The van der Waals surface area contributed by atoms with Gasteiger partial charge >= 0.3 is 0 Å². The highest BCUT2D eigenvalue weighted by Crippen LogP contribution is 2.34. The smallest absolute Gasteiger partial charge is 0.193 e. The lowest BCUT2D eigenvalue weighted by molar-refractivity contribution is 0.355.